The van der Waals surface area contributed by atoms with Crippen molar-refractivity contribution in [2.75, 3.05) is 27.7 Å². The molecule has 0 heterocycles. The van der Waals surface area contributed by atoms with Crippen LogP contribution in [0.4, 0.5) is 0 Å². The summed E-state index contributed by atoms with van der Waals surface area (Å²) in [6.07, 6.45) is 1.77. The second-order valence-corrected chi connectivity index (χ2v) is 2.42. The number of hydrogen-bond acceptors (Lipinski definition) is 2. The van der Waals surface area contributed by atoms with Crippen molar-refractivity contribution in [3.8, 4) is 6.19 Å². The lowest BCUT2D eigenvalue weighted by atomic mass is 10.6. The molecule has 0 saturated heterocycles. The second kappa shape index (κ2) is 4.56. The molecule has 62 valence electrons. The van der Waals surface area contributed by atoms with Crippen LogP contribution in [0.25, 0.3) is 0 Å². The Morgan fingerprint density at radius 2 is 2.00 bits per heavy atom. The highest BCUT2D eigenvalue weighted by Gasteiger charge is 2.05. The maximum absolute atomic E-state index is 8.34. The molecular formula is C7H14N4. The van der Waals surface area contributed by atoms with Crippen molar-refractivity contribution in [2.45, 2.75) is 6.92 Å². The second-order valence-electron chi connectivity index (χ2n) is 2.42. The Morgan fingerprint density at radius 1 is 1.45 bits per heavy atom. The fourth-order valence-electron chi connectivity index (χ4n) is 0.713. The minimum Gasteiger partial charge on any atom is -0.348 e. The fraction of sp³-hybridized carbons (Fsp3) is 0.714. The normalized spacial score (nSPS) is 10.6. The molecule has 0 saturated carbocycles. The smallest absolute Gasteiger partial charge is 0.211 e. The van der Waals surface area contributed by atoms with Crippen LogP contribution in [0.1, 0.15) is 6.92 Å². The van der Waals surface area contributed by atoms with Crippen molar-refractivity contribution in [3.63, 3.8) is 0 Å². The molecule has 0 aromatic carbocycles. The van der Waals surface area contributed by atoms with Gasteiger partial charge in [-0.3, -0.25) is 0 Å². The lowest BCUT2D eigenvalue weighted by Gasteiger charge is -2.23. The Morgan fingerprint density at radius 3 is 2.27 bits per heavy atom. The Balaban J connectivity index is 4.37. The average molecular weight is 154 g/mol. The molecule has 0 radical (unpaired) electrons. The Bertz CT molecular complexity index is 177. The summed E-state index contributed by atoms with van der Waals surface area (Å²) in [4.78, 5) is 7.39. The van der Waals surface area contributed by atoms with Crippen molar-refractivity contribution < 1.29 is 0 Å². The summed E-state index contributed by atoms with van der Waals surface area (Å²) in [6, 6.07) is 0. The third-order valence-electron chi connectivity index (χ3n) is 1.37. The van der Waals surface area contributed by atoms with E-state index in [0.717, 1.165) is 6.54 Å². The summed E-state index contributed by atoms with van der Waals surface area (Å²) in [5.41, 5.74) is 0. The molecule has 0 aromatic heterocycles. The van der Waals surface area contributed by atoms with Gasteiger partial charge in [-0.2, -0.15) is 5.26 Å². The molecule has 0 aliphatic carbocycles. The average Bonchev–Trinajstić information content (AvgIpc) is 1.98. The van der Waals surface area contributed by atoms with Crippen molar-refractivity contribution >= 4 is 5.96 Å². The zero-order chi connectivity index (χ0) is 8.85. The van der Waals surface area contributed by atoms with Gasteiger partial charge in [0.1, 0.15) is 0 Å². The van der Waals surface area contributed by atoms with Gasteiger partial charge in [-0.1, -0.05) is 0 Å². The Hall–Kier alpha value is -1.24. The number of nitriles is 1. The van der Waals surface area contributed by atoms with Crippen LogP contribution in [0.5, 0.6) is 0 Å². The SMILES string of the molecule is CCN(C)C(=NC#N)N(C)C. The van der Waals surface area contributed by atoms with E-state index in [-0.39, 0.29) is 0 Å². The first-order valence-electron chi connectivity index (χ1n) is 3.48. The lowest BCUT2D eigenvalue weighted by Crippen LogP contribution is -2.37. The standard InChI is InChI=1S/C7H14N4/c1-5-11(4)7(9-6-8)10(2)3/h5H2,1-4H3. The van der Waals surface area contributed by atoms with Gasteiger partial charge in [0.05, 0.1) is 0 Å². The van der Waals surface area contributed by atoms with Crippen molar-refractivity contribution in [3.05, 3.63) is 0 Å². The molecule has 0 aliphatic rings. The van der Waals surface area contributed by atoms with Gasteiger partial charge in [-0.15, -0.1) is 4.99 Å². The molecule has 4 nitrogen and oxygen atoms in total. The highest BCUT2D eigenvalue weighted by atomic mass is 15.3. The topological polar surface area (TPSA) is 42.6 Å². The molecule has 0 fully saturated rings. The molecule has 0 aliphatic heterocycles. The zero-order valence-electron chi connectivity index (χ0n) is 7.50. The number of hydrogen-bond donors (Lipinski definition) is 0. The first-order valence-corrected chi connectivity index (χ1v) is 3.48. The lowest BCUT2D eigenvalue weighted by molar-refractivity contribution is 0.442. The highest BCUT2D eigenvalue weighted by Crippen LogP contribution is 1.90. The van der Waals surface area contributed by atoms with Crippen LogP contribution in [0.2, 0.25) is 0 Å². The quantitative estimate of drug-likeness (QED) is 0.310. The van der Waals surface area contributed by atoms with E-state index < -0.39 is 0 Å². The Kier molecular flexibility index (Phi) is 4.04. The van der Waals surface area contributed by atoms with Crippen molar-refractivity contribution in [2.24, 2.45) is 4.99 Å². The molecule has 0 rings (SSSR count). The molecule has 0 aromatic rings. The van der Waals surface area contributed by atoms with Crippen LogP contribution in [0.15, 0.2) is 4.99 Å². The van der Waals surface area contributed by atoms with E-state index in [1.54, 1.807) is 6.19 Å². The van der Waals surface area contributed by atoms with Gasteiger partial charge in [-0.25, -0.2) is 0 Å². The van der Waals surface area contributed by atoms with Crippen LogP contribution < -0.4 is 0 Å². The predicted molar refractivity (Wildman–Crippen MR) is 45.0 cm³/mol. The monoisotopic (exact) mass is 154 g/mol. The number of rotatable bonds is 1. The summed E-state index contributed by atoms with van der Waals surface area (Å²) in [5.74, 6) is 0.690. The van der Waals surface area contributed by atoms with E-state index in [0.29, 0.717) is 5.96 Å². The summed E-state index contributed by atoms with van der Waals surface area (Å²) < 4.78 is 0. The molecule has 0 N–H and O–H groups in total. The van der Waals surface area contributed by atoms with Gasteiger partial charge >= 0.3 is 0 Å². The van der Waals surface area contributed by atoms with Gasteiger partial charge in [0.25, 0.3) is 0 Å². The molecule has 0 spiro atoms. The minimum atomic E-state index is 0.690. The summed E-state index contributed by atoms with van der Waals surface area (Å²) in [7, 11) is 5.63. The van der Waals surface area contributed by atoms with Crippen LogP contribution in [0, 0.1) is 11.5 Å². The van der Waals surface area contributed by atoms with Gasteiger partial charge in [0, 0.05) is 27.7 Å². The minimum absolute atomic E-state index is 0.690. The van der Waals surface area contributed by atoms with Crippen LogP contribution >= 0.6 is 0 Å². The van der Waals surface area contributed by atoms with Crippen LogP contribution in [-0.4, -0.2) is 43.4 Å². The molecule has 0 unspecified atom stereocenters. The van der Waals surface area contributed by atoms with E-state index >= 15 is 0 Å². The highest BCUT2D eigenvalue weighted by molar-refractivity contribution is 5.80. The van der Waals surface area contributed by atoms with E-state index in [1.165, 1.54) is 0 Å². The van der Waals surface area contributed by atoms with Crippen LogP contribution in [0.3, 0.4) is 0 Å². The first-order chi connectivity index (χ1) is 5.13. The molecule has 11 heavy (non-hydrogen) atoms. The molecule has 4 heteroatoms. The van der Waals surface area contributed by atoms with Crippen molar-refractivity contribution in [1.29, 1.82) is 5.26 Å². The number of guanidine groups is 1. The number of nitrogens with zero attached hydrogens (tertiary/aromatic N) is 4. The van der Waals surface area contributed by atoms with Gasteiger partial charge in [0.15, 0.2) is 0 Å². The summed E-state index contributed by atoms with van der Waals surface area (Å²) in [5, 5.41) is 8.34. The van der Waals surface area contributed by atoms with E-state index in [9.17, 15) is 0 Å². The fourth-order valence-corrected chi connectivity index (χ4v) is 0.713. The third-order valence-corrected chi connectivity index (χ3v) is 1.37. The zero-order valence-corrected chi connectivity index (χ0v) is 7.50. The van der Waals surface area contributed by atoms with E-state index in [2.05, 4.69) is 4.99 Å². The van der Waals surface area contributed by atoms with Gasteiger partial charge in [0.2, 0.25) is 12.2 Å². The number of aliphatic imine (C=N–C) groups is 1. The van der Waals surface area contributed by atoms with Gasteiger partial charge < -0.3 is 9.80 Å². The molecular weight excluding hydrogens is 140 g/mol. The summed E-state index contributed by atoms with van der Waals surface area (Å²) in [6.45, 7) is 2.86. The summed E-state index contributed by atoms with van der Waals surface area (Å²) >= 11 is 0. The van der Waals surface area contributed by atoms with E-state index in [4.69, 9.17) is 5.26 Å². The molecule has 0 amide bonds. The largest absolute Gasteiger partial charge is 0.348 e. The van der Waals surface area contributed by atoms with Crippen LogP contribution in [-0.2, 0) is 0 Å². The predicted octanol–water partition coefficient (Wildman–Crippen LogP) is 0.337. The van der Waals surface area contributed by atoms with Gasteiger partial charge in [-0.05, 0) is 6.92 Å². The van der Waals surface area contributed by atoms with Crippen molar-refractivity contribution in [1.82, 2.24) is 9.80 Å². The molecule has 0 atom stereocenters. The third kappa shape index (κ3) is 2.89. The first kappa shape index (κ1) is 9.76. The van der Waals surface area contributed by atoms with E-state index in [1.807, 2.05) is 37.9 Å². The molecule has 0 bridgehead atoms. The maximum Gasteiger partial charge on any atom is 0.211 e. The Labute approximate surface area is 67.7 Å². The maximum atomic E-state index is 8.34.